The third kappa shape index (κ3) is 2.12. The molecule has 2 aromatic heterocycles. The highest BCUT2D eigenvalue weighted by atomic mass is 16.4. The number of rotatable bonds is 2. The van der Waals surface area contributed by atoms with Crippen molar-refractivity contribution >= 4 is 16.9 Å². The van der Waals surface area contributed by atoms with Crippen LogP contribution in [-0.2, 0) is 0 Å². The molecule has 1 aromatic carbocycles. The van der Waals surface area contributed by atoms with Crippen molar-refractivity contribution in [1.29, 1.82) is 0 Å². The van der Waals surface area contributed by atoms with Crippen LogP contribution in [0.1, 0.15) is 15.9 Å². The number of aryl methyl sites for hydroxylation is 1. The molecule has 1 N–H and O–H groups in total. The summed E-state index contributed by atoms with van der Waals surface area (Å²) in [7, 11) is 0. The minimum absolute atomic E-state index is 0.243. The number of carboxylic acids is 1. The van der Waals surface area contributed by atoms with Gasteiger partial charge in [-0.15, -0.1) is 0 Å². The van der Waals surface area contributed by atoms with Gasteiger partial charge in [-0.05, 0) is 19.1 Å². The van der Waals surface area contributed by atoms with E-state index in [0.29, 0.717) is 16.6 Å². The molecule has 0 fully saturated rings. The quantitative estimate of drug-likeness (QED) is 0.771. The lowest BCUT2D eigenvalue weighted by Crippen LogP contribution is -2.00. The topological polar surface area (TPSA) is 63.1 Å². The Morgan fingerprint density at radius 3 is 2.60 bits per heavy atom. The molecule has 0 amide bonds. The Hall–Kier alpha value is -2.75. The van der Waals surface area contributed by atoms with E-state index < -0.39 is 5.97 Å². The summed E-state index contributed by atoms with van der Waals surface area (Å²) >= 11 is 0. The number of carboxylic acid groups (broad SMARTS) is 1. The van der Waals surface area contributed by atoms with E-state index in [1.54, 1.807) is 24.5 Å². The van der Waals surface area contributed by atoms with Gasteiger partial charge in [0, 0.05) is 17.1 Å². The van der Waals surface area contributed by atoms with E-state index in [4.69, 9.17) is 0 Å². The number of carbonyl (C=O) groups is 1. The highest BCUT2D eigenvalue weighted by molar-refractivity contribution is 6.03. The zero-order valence-electron chi connectivity index (χ0n) is 10.9. The van der Waals surface area contributed by atoms with E-state index in [1.807, 2.05) is 31.2 Å². The molecule has 98 valence electrons. The van der Waals surface area contributed by atoms with E-state index in [0.717, 1.165) is 11.1 Å². The van der Waals surface area contributed by atoms with Gasteiger partial charge < -0.3 is 5.11 Å². The number of nitrogens with zero attached hydrogens (tertiary/aromatic N) is 2. The standard InChI is InChI=1S/C16H12N2O2/c1-10-2-4-11(5-3-10)14-8-13(16(19)20)12-6-7-17-9-15(12)18-14/h2-9H,1H3,(H,19,20). The van der Waals surface area contributed by atoms with E-state index in [-0.39, 0.29) is 5.56 Å². The van der Waals surface area contributed by atoms with Crippen molar-refractivity contribution in [2.75, 3.05) is 0 Å². The van der Waals surface area contributed by atoms with Crippen LogP contribution in [0, 0.1) is 6.92 Å². The van der Waals surface area contributed by atoms with Gasteiger partial charge in [0.05, 0.1) is 23.0 Å². The van der Waals surface area contributed by atoms with Crippen molar-refractivity contribution in [3.05, 3.63) is 59.9 Å². The first-order valence-electron chi connectivity index (χ1n) is 6.20. The summed E-state index contributed by atoms with van der Waals surface area (Å²) in [6, 6.07) is 11.1. The fourth-order valence-corrected chi connectivity index (χ4v) is 2.13. The van der Waals surface area contributed by atoms with E-state index in [2.05, 4.69) is 9.97 Å². The van der Waals surface area contributed by atoms with Gasteiger partial charge in [-0.25, -0.2) is 9.78 Å². The van der Waals surface area contributed by atoms with Crippen molar-refractivity contribution in [1.82, 2.24) is 9.97 Å². The van der Waals surface area contributed by atoms with Crippen molar-refractivity contribution in [2.24, 2.45) is 0 Å². The number of pyridine rings is 2. The van der Waals surface area contributed by atoms with Crippen molar-refractivity contribution in [3.63, 3.8) is 0 Å². The van der Waals surface area contributed by atoms with Gasteiger partial charge in [-0.2, -0.15) is 0 Å². The minimum Gasteiger partial charge on any atom is -0.478 e. The Kier molecular flexibility index (Phi) is 2.91. The summed E-state index contributed by atoms with van der Waals surface area (Å²) < 4.78 is 0. The summed E-state index contributed by atoms with van der Waals surface area (Å²) in [4.78, 5) is 19.9. The first kappa shape index (κ1) is 12.3. The second-order valence-corrected chi connectivity index (χ2v) is 4.62. The maximum Gasteiger partial charge on any atom is 0.336 e. The smallest absolute Gasteiger partial charge is 0.336 e. The fraction of sp³-hybridized carbons (Fsp3) is 0.0625. The largest absolute Gasteiger partial charge is 0.478 e. The van der Waals surface area contributed by atoms with Crippen molar-refractivity contribution in [2.45, 2.75) is 6.92 Å². The van der Waals surface area contributed by atoms with E-state index in [9.17, 15) is 9.90 Å². The zero-order valence-corrected chi connectivity index (χ0v) is 10.9. The molecule has 4 heteroatoms. The summed E-state index contributed by atoms with van der Waals surface area (Å²) in [5.41, 5.74) is 3.51. The molecule has 0 unspecified atom stereocenters. The molecule has 2 heterocycles. The molecule has 3 aromatic rings. The number of fused-ring (bicyclic) bond motifs is 1. The van der Waals surface area contributed by atoms with Gasteiger partial charge in [0.15, 0.2) is 0 Å². The second kappa shape index (κ2) is 4.74. The van der Waals surface area contributed by atoms with E-state index in [1.165, 1.54) is 0 Å². The molecule has 0 radical (unpaired) electrons. The monoisotopic (exact) mass is 264 g/mol. The molecule has 0 saturated heterocycles. The number of hydrogen-bond acceptors (Lipinski definition) is 3. The van der Waals surface area contributed by atoms with Crippen molar-refractivity contribution in [3.8, 4) is 11.3 Å². The summed E-state index contributed by atoms with van der Waals surface area (Å²) in [6.45, 7) is 2.00. The number of benzene rings is 1. The molecule has 0 atom stereocenters. The average molecular weight is 264 g/mol. The Morgan fingerprint density at radius 2 is 1.90 bits per heavy atom. The van der Waals surface area contributed by atoms with Crippen LogP contribution in [-0.4, -0.2) is 21.0 Å². The molecule has 0 aliphatic rings. The molecule has 0 bridgehead atoms. The second-order valence-electron chi connectivity index (χ2n) is 4.62. The van der Waals surface area contributed by atoms with Crippen molar-refractivity contribution < 1.29 is 9.90 Å². The summed E-state index contributed by atoms with van der Waals surface area (Å²) in [5, 5.41) is 9.95. The highest BCUT2D eigenvalue weighted by Crippen LogP contribution is 2.24. The first-order chi connectivity index (χ1) is 9.65. The Bertz CT molecular complexity index is 795. The molecule has 0 spiro atoms. The van der Waals surface area contributed by atoms with Gasteiger partial charge in [-0.1, -0.05) is 29.8 Å². The Morgan fingerprint density at radius 1 is 1.15 bits per heavy atom. The normalized spacial score (nSPS) is 10.7. The fourth-order valence-electron chi connectivity index (χ4n) is 2.13. The minimum atomic E-state index is -0.961. The maximum absolute atomic E-state index is 11.4. The Balaban J connectivity index is 2.27. The van der Waals surface area contributed by atoms with Crippen LogP contribution in [0.15, 0.2) is 48.8 Å². The predicted octanol–water partition coefficient (Wildman–Crippen LogP) is 3.30. The molecule has 3 rings (SSSR count). The number of aromatic nitrogens is 2. The van der Waals surface area contributed by atoms with Crippen LogP contribution in [0.2, 0.25) is 0 Å². The van der Waals surface area contributed by atoms with Gasteiger partial charge in [0.25, 0.3) is 0 Å². The van der Waals surface area contributed by atoms with Crippen LogP contribution in [0.25, 0.3) is 22.2 Å². The molecule has 4 nitrogen and oxygen atoms in total. The average Bonchev–Trinajstić information content (AvgIpc) is 2.46. The number of aromatic carboxylic acids is 1. The Labute approximate surface area is 115 Å². The molecular formula is C16H12N2O2. The molecule has 0 aliphatic heterocycles. The third-order valence-corrected chi connectivity index (χ3v) is 3.19. The number of hydrogen-bond donors (Lipinski definition) is 1. The zero-order chi connectivity index (χ0) is 14.1. The van der Waals surface area contributed by atoms with E-state index >= 15 is 0 Å². The SMILES string of the molecule is Cc1ccc(-c2cc(C(=O)O)c3ccncc3n2)cc1. The highest BCUT2D eigenvalue weighted by Gasteiger charge is 2.12. The lowest BCUT2D eigenvalue weighted by molar-refractivity contribution is 0.0699. The molecular weight excluding hydrogens is 252 g/mol. The predicted molar refractivity (Wildman–Crippen MR) is 76.7 cm³/mol. The van der Waals surface area contributed by atoms with Crippen LogP contribution < -0.4 is 0 Å². The first-order valence-corrected chi connectivity index (χ1v) is 6.20. The van der Waals surface area contributed by atoms with Gasteiger partial charge in [0.1, 0.15) is 0 Å². The van der Waals surface area contributed by atoms with Gasteiger partial charge in [0.2, 0.25) is 0 Å². The third-order valence-electron chi connectivity index (χ3n) is 3.19. The van der Waals surface area contributed by atoms with Gasteiger partial charge >= 0.3 is 5.97 Å². The molecule has 0 saturated carbocycles. The van der Waals surface area contributed by atoms with Crippen LogP contribution in [0.3, 0.4) is 0 Å². The summed E-state index contributed by atoms with van der Waals surface area (Å²) in [5.74, 6) is -0.961. The van der Waals surface area contributed by atoms with Crippen LogP contribution in [0.5, 0.6) is 0 Å². The van der Waals surface area contributed by atoms with Crippen LogP contribution >= 0.6 is 0 Å². The lowest BCUT2D eigenvalue weighted by atomic mass is 10.0. The molecule has 20 heavy (non-hydrogen) atoms. The van der Waals surface area contributed by atoms with Crippen LogP contribution in [0.4, 0.5) is 0 Å². The lowest BCUT2D eigenvalue weighted by Gasteiger charge is -2.07. The molecule has 0 aliphatic carbocycles. The maximum atomic E-state index is 11.4. The van der Waals surface area contributed by atoms with Gasteiger partial charge in [-0.3, -0.25) is 4.98 Å². The summed E-state index contributed by atoms with van der Waals surface area (Å²) in [6.07, 6.45) is 3.15.